The third kappa shape index (κ3) is 5.36. The highest BCUT2D eigenvalue weighted by atomic mass is 19.4. The van der Waals surface area contributed by atoms with Crippen molar-refractivity contribution in [3.63, 3.8) is 0 Å². The number of carbonyl (C=O) groups is 1. The number of aromatic nitrogens is 6. The third-order valence-electron chi connectivity index (χ3n) is 5.67. The molecule has 15 heteroatoms. The Morgan fingerprint density at radius 1 is 1.13 bits per heavy atom. The van der Waals surface area contributed by atoms with Crippen LogP contribution >= 0.6 is 0 Å². The maximum atomic E-state index is 10.6. The lowest BCUT2D eigenvalue weighted by Crippen LogP contribution is -2.44. The van der Waals surface area contributed by atoms with E-state index in [1.807, 2.05) is 34.9 Å². The molecule has 0 saturated carbocycles. The third-order valence-corrected chi connectivity index (χ3v) is 5.67. The van der Waals surface area contributed by atoms with Gasteiger partial charge in [-0.3, -0.25) is 4.57 Å². The Morgan fingerprint density at radius 3 is 2.58 bits per heavy atom. The molecule has 5 heterocycles. The number of hydrogen-bond donors (Lipinski definition) is 4. The number of fused-ring (bicyclic) bond motifs is 2. The number of anilines is 2. The van der Waals surface area contributed by atoms with Crippen molar-refractivity contribution in [2.24, 2.45) is 0 Å². The van der Waals surface area contributed by atoms with Gasteiger partial charge in [0.1, 0.15) is 18.4 Å². The highest BCUT2D eigenvalue weighted by Crippen LogP contribution is 2.26. The molecule has 0 aliphatic carbocycles. The summed E-state index contributed by atoms with van der Waals surface area (Å²) in [5, 5.41) is 13.9. The van der Waals surface area contributed by atoms with Crippen molar-refractivity contribution in [1.29, 1.82) is 0 Å². The number of para-hydroxylation sites is 2. The lowest BCUT2D eigenvalue weighted by Gasteiger charge is -2.27. The number of piperazine rings is 1. The van der Waals surface area contributed by atoms with Crippen molar-refractivity contribution < 1.29 is 27.5 Å². The fourth-order valence-electron chi connectivity index (χ4n) is 3.86. The van der Waals surface area contributed by atoms with E-state index in [2.05, 4.69) is 30.5 Å². The van der Waals surface area contributed by atoms with Crippen LogP contribution in [0.15, 0.2) is 53.6 Å². The van der Waals surface area contributed by atoms with Gasteiger partial charge in [-0.25, -0.2) is 14.8 Å². The van der Waals surface area contributed by atoms with Gasteiger partial charge in [-0.2, -0.15) is 23.1 Å². The fraction of sp³-hybridized carbons (Fsp3) is 0.261. The van der Waals surface area contributed by atoms with Gasteiger partial charge in [0.2, 0.25) is 5.95 Å². The van der Waals surface area contributed by atoms with Gasteiger partial charge in [0.25, 0.3) is 0 Å². The van der Waals surface area contributed by atoms with Gasteiger partial charge in [0, 0.05) is 32.2 Å². The Balaban J connectivity index is 0.000000374. The van der Waals surface area contributed by atoms with Crippen molar-refractivity contribution in [3.8, 4) is 5.69 Å². The first-order valence-corrected chi connectivity index (χ1v) is 11.5. The van der Waals surface area contributed by atoms with E-state index >= 15 is 0 Å². The number of nitrogens with zero attached hydrogens (tertiary/aromatic N) is 6. The summed E-state index contributed by atoms with van der Waals surface area (Å²) in [5.74, 6) is -0.550. The zero-order valence-corrected chi connectivity index (χ0v) is 19.7. The van der Waals surface area contributed by atoms with E-state index in [-0.39, 0.29) is 0 Å². The lowest BCUT2D eigenvalue weighted by molar-refractivity contribution is -0.192. The smallest absolute Gasteiger partial charge is 0.475 e. The van der Waals surface area contributed by atoms with E-state index < -0.39 is 12.1 Å². The zero-order chi connectivity index (χ0) is 26.7. The number of benzene rings is 1. The summed E-state index contributed by atoms with van der Waals surface area (Å²) in [7, 11) is 0. The number of alkyl halides is 3. The first-order chi connectivity index (χ1) is 18.3. The molecule has 198 valence electrons. The van der Waals surface area contributed by atoms with Gasteiger partial charge < -0.3 is 30.0 Å². The molecule has 12 nitrogen and oxygen atoms in total. The van der Waals surface area contributed by atoms with Crippen LogP contribution in [0.25, 0.3) is 27.9 Å². The molecule has 1 aromatic carbocycles. The largest absolute Gasteiger partial charge is 0.490 e. The standard InChI is InChI=1S/C21H21N9O.C2HF3O2/c1-2-4-16-15(3-1)25-17(26-16)11-23-19-18-20(30(13-24-18)14-5-10-31-12-14)28-21(27-19)29-8-6-22-7-9-29;3-2(4,5)1(6)7/h1-5,10,12-13,22H,6-9,11H2,(H,25,26)(H,23,27,28);(H,6,7). The normalized spacial score (nSPS) is 13.9. The van der Waals surface area contributed by atoms with Crippen LogP contribution in [0.1, 0.15) is 5.82 Å². The fourth-order valence-corrected chi connectivity index (χ4v) is 3.86. The van der Waals surface area contributed by atoms with Crippen molar-refractivity contribution in [2.75, 3.05) is 36.4 Å². The lowest BCUT2D eigenvalue weighted by atomic mass is 10.3. The summed E-state index contributed by atoms with van der Waals surface area (Å²) in [4.78, 5) is 33.3. The zero-order valence-electron chi connectivity index (χ0n) is 19.7. The molecule has 6 rings (SSSR count). The number of H-pyrrole nitrogens is 1. The predicted molar refractivity (Wildman–Crippen MR) is 131 cm³/mol. The molecule has 1 fully saturated rings. The molecule has 1 aliphatic rings. The summed E-state index contributed by atoms with van der Waals surface area (Å²) in [6.07, 6.45) is -0.0202. The Labute approximate surface area is 212 Å². The average Bonchev–Trinajstić information content (AvgIpc) is 3.66. The van der Waals surface area contributed by atoms with Crippen LogP contribution < -0.4 is 15.5 Å². The molecule has 4 N–H and O–H groups in total. The minimum Gasteiger partial charge on any atom is -0.475 e. The minimum atomic E-state index is -5.08. The molecule has 5 aromatic rings. The average molecular weight is 529 g/mol. The second-order valence-electron chi connectivity index (χ2n) is 8.23. The number of carboxylic acid groups (broad SMARTS) is 1. The monoisotopic (exact) mass is 529 g/mol. The molecule has 4 aromatic heterocycles. The summed E-state index contributed by atoms with van der Waals surface area (Å²) in [6.45, 7) is 4.03. The van der Waals surface area contributed by atoms with Crippen LogP contribution in [-0.2, 0) is 11.3 Å². The maximum absolute atomic E-state index is 10.6. The number of aromatic amines is 1. The number of carboxylic acids is 1. The SMILES string of the molecule is O=C(O)C(F)(F)F.c1ccc2[nH]c(CNc3nc(N4CCNCC4)nc4c3ncn4-c3ccoc3)nc2c1. The van der Waals surface area contributed by atoms with E-state index in [0.717, 1.165) is 54.4 Å². The molecule has 38 heavy (non-hydrogen) atoms. The van der Waals surface area contributed by atoms with E-state index in [1.165, 1.54) is 0 Å². The Bertz CT molecular complexity index is 1510. The topological polar surface area (TPSA) is 150 Å². The Hall–Kier alpha value is -4.66. The van der Waals surface area contributed by atoms with Gasteiger partial charge in [-0.1, -0.05) is 12.1 Å². The summed E-state index contributed by atoms with van der Waals surface area (Å²) in [6, 6.07) is 9.87. The van der Waals surface area contributed by atoms with E-state index in [0.29, 0.717) is 23.8 Å². The van der Waals surface area contributed by atoms with E-state index in [4.69, 9.17) is 24.3 Å². The van der Waals surface area contributed by atoms with Gasteiger partial charge in [0.05, 0.1) is 29.5 Å². The number of hydrogen-bond acceptors (Lipinski definition) is 9. The second kappa shape index (κ2) is 10.4. The Morgan fingerprint density at radius 2 is 1.89 bits per heavy atom. The number of furan rings is 1. The number of rotatable bonds is 5. The van der Waals surface area contributed by atoms with Crippen molar-refractivity contribution in [2.45, 2.75) is 12.7 Å². The predicted octanol–water partition coefficient (Wildman–Crippen LogP) is 2.94. The number of imidazole rings is 2. The van der Waals surface area contributed by atoms with Crippen molar-refractivity contribution in [1.82, 2.24) is 34.8 Å². The van der Waals surface area contributed by atoms with Crippen LogP contribution in [0.3, 0.4) is 0 Å². The highest BCUT2D eigenvalue weighted by Gasteiger charge is 2.38. The first-order valence-electron chi connectivity index (χ1n) is 11.5. The van der Waals surface area contributed by atoms with Crippen molar-refractivity contribution >= 4 is 39.9 Å². The Kier molecular flexibility index (Phi) is 6.83. The van der Waals surface area contributed by atoms with Crippen LogP contribution in [0, 0.1) is 0 Å². The van der Waals surface area contributed by atoms with Crippen LogP contribution in [0.5, 0.6) is 0 Å². The molecule has 0 radical (unpaired) electrons. The van der Waals surface area contributed by atoms with Crippen LogP contribution in [-0.4, -0.2) is 72.9 Å². The molecule has 0 bridgehead atoms. The molecule has 0 spiro atoms. The van der Waals surface area contributed by atoms with Gasteiger partial charge >= 0.3 is 12.1 Å². The number of nitrogens with one attached hydrogen (secondary N) is 3. The van der Waals surface area contributed by atoms with Gasteiger partial charge in [-0.15, -0.1) is 0 Å². The highest BCUT2D eigenvalue weighted by molar-refractivity contribution is 5.85. The summed E-state index contributed by atoms with van der Waals surface area (Å²) >= 11 is 0. The minimum absolute atomic E-state index is 0.500. The van der Waals surface area contributed by atoms with Gasteiger partial charge in [0.15, 0.2) is 17.0 Å². The molecular weight excluding hydrogens is 507 g/mol. The molecule has 0 amide bonds. The molecular formula is C23H22F3N9O3. The summed E-state index contributed by atoms with van der Waals surface area (Å²) in [5.41, 5.74) is 4.26. The molecule has 1 aliphatic heterocycles. The van der Waals surface area contributed by atoms with Crippen molar-refractivity contribution in [3.05, 3.63) is 55.0 Å². The quantitative estimate of drug-likeness (QED) is 0.268. The van der Waals surface area contributed by atoms with E-state index in [9.17, 15) is 13.2 Å². The van der Waals surface area contributed by atoms with Crippen LogP contribution in [0.4, 0.5) is 24.9 Å². The number of aliphatic carboxylic acids is 1. The second-order valence-corrected chi connectivity index (χ2v) is 8.23. The molecule has 1 saturated heterocycles. The maximum Gasteiger partial charge on any atom is 0.490 e. The first kappa shape index (κ1) is 25.0. The van der Waals surface area contributed by atoms with Crippen LogP contribution in [0.2, 0.25) is 0 Å². The summed E-state index contributed by atoms with van der Waals surface area (Å²) < 4.78 is 38.9. The van der Waals surface area contributed by atoms with Gasteiger partial charge in [-0.05, 0) is 12.1 Å². The van der Waals surface area contributed by atoms with E-state index in [1.54, 1.807) is 18.9 Å². The molecule has 0 atom stereocenters. The molecule has 0 unspecified atom stereocenters. The number of halogens is 3.